The molecule has 4 atom stereocenters. The van der Waals surface area contributed by atoms with E-state index in [4.69, 9.17) is 23.2 Å². The summed E-state index contributed by atoms with van der Waals surface area (Å²) in [7, 11) is -5.70. The molecule has 1 saturated heterocycles. The summed E-state index contributed by atoms with van der Waals surface area (Å²) in [4.78, 5) is 27.1. The molecule has 2 rings (SSSR count). The number of benzene rings is 1. The Morgan fingerprint density at radius 2 is 2.00 bits per heavy atom. The highest BCUT2D eigenvalue weighted by Crippen LogP contribution is 2.48. The quantitative estimate of drug-likeness (QED) is 0.300. The SMILES string of the molecule is C=C(/C=C\C(Cl)=C/C)[C@@H]1[C@@H](c2cccc(Cl)c2)C[C@](C)(CC(=O)O)C(=O)N1[C@@H](CC)CNS(=O)(=O)C(F)(F)F. The third-order valence-corrected chi connectivity index (χ3v) is 8.45. The van der Waals surface area contributed by atoms with Crippen LogP contribution in [0.1, 0.15) is 51.5 Å². The number of likely N-dealkylation sites (tertiary alicyclic amines) is 1. The second kappa shape index (κ2) is 12.9. The maximum atomic E-state index is 14.0. The number of halogens is 5. The minimum Gasteiger partial charge on any atom is -0.481 e. The minimum atomic E-state index is -5.70. The summed E-state index contributed by atoms with van der Waals surface area (Å²) < 4.78 is 64.3. The van der Waals surface area contributed by atoms with E-state index in [0.29, 0.717) is 21.2 Å². The Balaban J connectivity index is 2.74. The first-order chi connectivity index (χ1) is 18.0. The number of carbonyl (C=O) groups excluding carboxylic acids is 1. The van der Waals surface area contributed by atoms with Gasteiger partial charge in [0, 0.05) is 28.6 Å². The molecule has 216 valence electrons. The number of carboxylic acids is 1. The van der Waals surface area contributed by atoms with Gasteiger partial charge in [-0.25, -0.2) is 13.1 Å². The zero-order valence-corrected chi connectivity index (χ0v) is 24.0. The van der Waals surface area contributed by atoms with E-state index < -0.39 is 63.8 Å². The molecule has 1 aromatic carbocycles. The standard InChI is InChI=1S/C26H31Cl2F3N2O5S/c1-5-18(27)11-10-16(3)23-21(17-8-7-9-19(28)12-17)13-25(4,14-22(34)35)24(36)33(23)20(6-2)15-32-39(37,38)26(29,30)31/h5,7-12,20-21,23,32H,3,6,13-15H2,1-2,4H3,(H,34,35)/b11-10-,18-5+/t20-,21+,23+,25+/m0/s1. The molecule has 39 heavy (non-hydrogen) atoms. The van der Waals surface area contributed by atoms with E-state index in [1.807, 2.05) is 0 Å². The normalized spacial score (nSPS) is 23.7. The summed E-state index contributed by atoms with van der Waals surface area (Å²) in [6.45, 7) is 8.13. The largest absolute Gasteiger partial charge is 0.511 e. The van der Waals surface area contributed by atoms with E-state index in [0.717, 1.165) is 0 Å². The van der Waals surface area contributed by atoms with Gasteiger partial charge in [0.25, 0.3) is 0 Å². The van der Waals surface area contributed by atoms with Crippen LogP contribution in [0.15, 0.2) is 59.7 Å². The zero-order chi connectivity index (χ0) is 29.8. The Bertz CT molecular complexity index is 1270. The molecule has 1 aliphatic rings. The van der Waals surface area contributed by atoms with Crippen LogP contribution in [-0.4, -0.2) is 54.4 Å². The van der Waals surface area contributed by atoms with Gasteiger partial charge in [-0.15, -0.1) is 0 Å². The second-order valence-electron chi connectivity index (χ2n) is 9.60. The van der Waals surface area contributed by atoms with E-state index in [2.05, 4.69) is 6.58 Å². The summed E-state index contributed by atoms with van der Waals surface area (Å²) >= 11 is 12.4. The van der Waals surface area contributed by atoms with E-state index in [1.54, 1.807) is 61.1 Å². The number of nitrogens with one attached hydrogen (secondary N) is 1. The van der Waals surface area contributed by atoms with Crippen LogP contribution in [0.3, 0.4) is 0 Å². The molecule has 0 bridgehead atoms. The molecule has 2 N–H and O–H groups in total. The highest BCUT2D eigenvalue weighted by molar-refractivity contribution is 7.90. The first-order valence-corrected chi connectivity index (χ1v) is 14.3. The van der Waals surface area contributed by atoms with Crippen LogP contribution in [0.2, 0.25) is 5.02 Å². The monoisotopic (exact) mass is 610 g/mol. The van der Waals surface area contributed by atoms with Crippen molar-refractivity contribution >= 4 is 45.1 Å². The number of nitrogens with zero attached hydrogens (tertiary/aromatic N) is 1. The number of carbonyl (C=O) groups is 2. The van der Waals surface area contributed by atoms with Crippen LogP contribution in [0.4, 0.5) is 13.2 Å². The molecule has 0 unspecified atom stereocenters. The Hall–Kier alpha value is -2.34. The lowest BCUT2D eigenvalue weighted by molar-refractivity contribution is -0.158. The van der Waals surface area contributed by atoms with E-state index in [9.17, 15) is 36.3 Å². The molecular weight excluding hydrogens is 580 g/mol. The van der Waals surface area contributed by atoms with Crippen LogP contribution < -0.4 is 4.72 Å². The van der Waals surface area contributed by atoms with Gasteiger partial charge in [0.15, 0.2) is 0 Å². The number of rotatable bonds is 11. The molecule has 1 fully saturated rings. The lowest BCUT2D eigenvalue weighted by Crippen LogP contribution is -2.62. The van der Waals surface area contributed by atoms with Crippen molar-refractivity contribution < 1.29 is 36.3 Å². The number of amides is 1. The molecule has 0 saturated carbocycles. The van der Waals surface area contributed by atoms with E-state index >= 15 is 0 Å². The van der Waals surface area contributed by atoms with Gasteiger partial charge in [-0.1, -0.05) is 67.9 Å². The molecular formula is C26H31Cl2F3N2O5S. The molecule has 1 amide bonds. The maximum Gasteiger partial charge on any atom is 0.511 e. The summed E-state index contributed by atoms with van der Waals surface area (Å²) in [5.74, 6) is -2.46. The Kier molecular flexibility index (Phi) is 10.9. The third kappa shape index (κ3) is 7.87. The number of hydrogen-bond donors (Lipinski definition) is 2. The van der Waals surface area contributed by atoms with Crippen molar-refractivity contribution in [1.29, 1.82) is 0 Å². The number of piperidine rings is 1. The molecule has 1 aromatic rings. The molecule has 7 nitrogen and oxygen atoms in total. The summed E-state index contributed by atoms with van der Waals surface area (Å²) in [6, 6.07) is 4.80. The number of alkyl halides is 3. The molecule has 0 aliphatic carbocycles. The lowest BCUT2D eigenvalue weighted by Gasteiger charge is -2.52. The van der Waals surface area contributed by atoms with Crippen molar-refractivity contribution in [2.24, 2.45) is 5.41 Å². The summed E-state index contributed by atoms with van der Waals surface area (Å²) in [6.07, 6.45) is 4.30. The average molecular weight is 612 g/mol. The second-order valence-corrected chi connectivity index (χ2v) is 12.2. The van der Waals surface area contributed by atoms with Gasteiger partial charge in [-0.05, 0) is 49.1 Å². The number of aliphatic carboxylic acids is 1. The Morgan fingerprint density at radius 3 is 2.51 bits per heavy atom. The Morgan fingerprint density at radius 1 is 1.36 bits per heavy atom. The van der Waals surface area contributed by atoms with Gasteiger partial charge < -0.3 is 10.0 Å². The zero-order valence-electron chi connectivity index (χ0n) is 21.6. The third-order valence-electron chi connectivity index (χ3n) is 6.71. The molecule has 0 aromatic heterocycles. The maximum absolute atomic E-state index is 14.0. The van der Waals surface area contributed by atoms with Crippen LogP contribution in [-0.2, 0) is 19.6 Å². The first kappa shape index (κ1) is 32.9. The van der Waals surface area contributed by atoms with Gasteiger partial charge in [-0.2, -0.15) is 13.2 Å². The smallest absolute Gasteiger partial charge is 0.481 e. The molecule has 0 radical (unpaired) electrons. The van der Waals surface area contributed by atoms with Crippen LogP contribution in [0.5, 0.6) is 0 Å². The molecule has 1 heterocycles. The first-order valence-electron chi connectivity index (χ1n) is 12.0. The van der Waals surface area contributed by atoms with Crippen molar-refractivity contribution in [3.05, 3.63) is 70.3 Å². The fourth-order valence-electron chi connectivity index (χ4n) is 4.77. The highest BCUT2D eigenvalue weighted by atomic mass is 35.5. The van der Waals surface area contributed by atoms with Gasteiger partial charge in [-0.3, -0.25) is 9.59 Å². The number of sulfonamides is 1. The van der Waals surface area contributed by atoms with Gasteiger partial charge in [0.2, 0.25) is 5.91 Å². The summed E-state index contributed by atoms with van der Waals surface area (Å²) in [5, 5.41) is 10.4. The minimum absolute atomic E-state index is 0.0562. The van der Waals surface area contributed by atoms with Crippen LogP contribution in [0, 0.1) is 5.41 Å². The van der Waals surface area contributed by atoms with Gasteiger partial charge in [0.1, 0.15) is 0 Å². The molecule has 0 spiro atoms. The highest BCUT2D eigenvalue weighted by Gasteiger charge is 2.53. The Labute approximate surface area is 236 Å². The predicted octanol–water partition coefficient (Wildman–Crippen LogP) is 5.98. The van der Waals surface area contributed by atoms with Crippen LogP contribution in [0.25, 0.3) is 0 Å². The van der Waals surface area contributed by atoms with Crippen molar-refractivity contribution in [2.75, 3.05) is 6.54 Å². The van der Waals surface area contributed by atoms with Crippen molar-refractivity contribution in [3.8, 4) is 0 Å². The number of carboxylic acid groups (broad SMARTS) is 1. The molecule has 13 heteroatoms. The molecule has 1 aliphatic heterocycles. The topological polar surface area (TPSA) is 104 Å². The lowest BCUT2D eigenvalue weighted by atomic mass is 9.67. The van der Waals surface area contributed by atoms with E-state index in [1.165, 1.54) is 11.8 Å². The fourth-order valence-corrected chi connectivity index (χ4v) is 5.61. The van der Waals surface area contributed by atoms with Crippen molar-refractivity contribution in [2.45, 2.75) is 63.5 Å². The predicted molar refractivity (Wildman–Crippen MR) is 145 cm³/mol. The summed E-state index contributed by atoms with van der Waals surface area (Å²) in [5.41, 5.74) is -5.99. The van der Waals surface area contributed by atoms with Gasteiger partial charge >= 0.3 is 21.5 Å². The average Bonchev–Trinajstić information content (AvgIpc) is 2.83. The van der Waals surface area contributed by atoms with Crippen molar-refractivity contribution in [3.63, 3.8) is 0 Å². The fraction of sp³-hybridized carbons (Fsp3) is 0.462. The van der Waals surface area contributed by atoms with E-state index in [-0.39, 0.29) is 12.8 Å². The van der Waals surface area contributed by atoms with Crippen LogP contribution >= 0.6 is 23.2 Å². The van der Waals surface area contributed by atoms with Crippen molar-refractivity contribution in [1.82, 2.24) is 9.62 Å². The van der Waals surface area contributed by atoms with Gasteiger partial charge in [0.05, 0.1) is 17.9 Å². The number of allylic oxidation sites excluding steroid dienone is 3. The number of hydrogen-bond acceptors (Lipinski definition) is 4.